The molecule has 2 heteroatoms. The topological polar surface area (TPSA) is 29.5 Å². The Morgan fingerprint density at radius 3 is 2.65 bits per heavy atom. The summed E-state index contributed by atoms with van der Waals surface area (Å²) in [5.41, 5.74) is -0.151. The third-order valence-electron chi connectivity index (χ3n) is 5.11. The van der Waals surface area contributed by atoms with Gasteiger partial charge in [0, 0.05) is 5.41 Å². The molecule has 1 aromatic carbocycles. The van der Waals surface area contributed by atoms with Gasteiger partial charge in [-0.2, -0.15) is 0 Å². The lowest BCUT2D eigenvalue weighted by Gasteiger charge is -2.55. The van der Waals surface area contributed by atoms with Gasteiger partial charge in [-0.05, 0) is 38.2 Å². The Kier molecular flexibility index (Phi) is 4.22. The Hall–Kier alpha value is -1.30. The van der Waals surface area contributed by atoms with Gasteiger partial charge in [-0.1, -0.05) is 43.2 Å². The van der Waals surface area contributed by atoms with E-state index >= 15 is 0 Å². The molecule has 0 bridgehead atoms. The Morgan fingerprint density at radius 2 is 2.15 bits per heavy atom. The van der Waals surface area contributed by atoms with Crippen molar-refractivity contribution in [1.29, 1.82) is 0 Å². The van der Waals surface area contributed by atoms with Gasteiger partial charge < -0.3 is 9.84 Å². The van der Waals surface area contributed by atoms with Crippen LogP contribution < -0.4 is 0 Å². The van der Waals surface area contributed by atoms with Gasteiger partial charge >= 0.3 is 0 Å². The molecule has 0 radical (unpaired) electrons. The summed E-state index contributed by atoms with van der Waals surface area (Å²) in [5.74, 6) is 2.85. The molecule has 2 rings (SSSR count). The quantitative estimate of drug-likeness (QED) is 0.833. The zero-order valence-electron chi connectivity index (χ0n) is 12.6. The first-order chi connectivity index (χ1) is 9.40. The highest BCUT2D eigenvalue weighted by atomic mass is 16.5. The first kappa shape index (κ1) is 15.1. The summed E-state index contributed by atoms with van der Waals surface area (Å²) < 4.78 is 5.99. The maximum atomic E-state index is 10.4. The van der Waals surface area contributed by atoms with Gasteiger partial charge in [-0.3, -0.25) is 0 Å². The Labute approximate surface area is 122 Å². The van der Waals surface area contributed by atoms with Crippen molar-refractivity contribution in [2.24, 2.45) is 11.3 Å². The fourth-order valence-electron chi connectivity index (χ4n) is 3.18. The first-order valence-corrected chi connectivity index (χ1v) is 7.26. The summed E-state index contributed by atoms with van der Waals surface area (Å²) in [6, 6.07) is 10.1. The van der Waals surface area contributed by atoms with Crippen LogP contribution >= 0.6 is 0 Å². The lowest BCUT2D eigenvalue weighted by Crippen LogP contribution is -2.57. The zero-order valence-corrected chi connectivity index (χ0v) is 12.6. The average molecular weight is 272 g/mol. The largest absolute Gasteiger partial charge is 0.377 e. The second kappa shape index (κ2) is 5.60. The summed E-state index contributed by atoms with van der Waals surface area (Å²) in [6.45, 7) is 6.50. The monoisotopic (exact) mass is 272 g/mol. The highest BCUT2D eigenvalue weighted by Crippen LogP contribution is 2.55. The van der Waals surface area contributed by atoms with Crippen molar-refractivity contribution < 1.29 is 9.84 Å². The molecule has 108 valence electrons. The van der Waals surface area contributed by atoms with E-state index in [0.29, 0.717) is 12.5 Å². The van der Waals surface area contributed by atoms with Crippen LogP contribution in [0.5, 0.6) is 0 Å². The number of ether oxygens (including phenoxy) is 1. The van der Waals surface area contributed by atoms with Crippen molar-refractivity contribution in [3.05, 3.63) is 35.9 Å². The van der Waals surface area contributed by atoms with Gasteiger partial charge in [0.2, 0.25) is 0 Å². The van der Waals surface area contributed by atoms with Crippen LogP contribution in [0.3, 0.4) is 0 Å². The third-order valence-corrected chi connectivity index (χ3v) is 5.11. The van der Waals surface area contributed by atoms with E-state index in [0.717, 1.165) is 12.8 Å². The Balaban J connectivity index is 1.97. The molecule has 20 heavy (non-hydrogen) atoms. The minimum absolute atomic E-state index is 0.0915. The molecule has 0 aliphatic heterocycles. The molecule has 1 aliphatic rings. The molecule has 2 nitrogen and oxygen atoms in total. The van der Waals surface area contributed by atoms with E-state index < -0.39 is 5.60 Å². The van der Waals surface area contributed by atoms with Crippen LogP contribution in [0.4, 0.5) is 0 Å². The van der Waals surface area contributed by atoms with E-state index in [2.05, 4.69) is 31.9 Å². The molecule has 1 aliphatic carbocycles. The molecule has 1 N–H and O–H groups in total. The maximum Gasteiger partial charge on any atom is 0.128 e. The zero-order chi connectivity index (χ0) is 14.8. The summed E-state index contributed by atoms with van der Waals surface area (Å²) in [7, 11) is 0. The molecule has 0 aromatic heterocycles. The van der Waals surface area contributed by atoms with Crippen LogP contribution in [0.2, 0.25) is 0 Å². The molecule has 0 saturated heterocycles. The predicted molar refractivity (Wildman–Crippen MR) is 81.0 cm³/mol. The van der Waals surface area contributed by atoms with Gasteiger partial charge in [0.15, 0.2) is 0 Å². The molecule has 0 unspecified atom stereocenters. The second-order valence-electron chi connectivity index (χ2n) is 6.28. The summed E-state index contributed by atoms with van der Waals surface area (Å²) in [4.78, 5) is 0. The minimum Gasteiger partial charge on any atom is -0.377 e. The molecule has 1 aromatic rings. The normalized spacial score (nSPS) is 29.9. The van der Waals surface area contributed by atoms with E-state index in [9.17, 15) is 5.11 Å². The van der Waals surface area contributed by atoms with E-state index in [-0.39, 0.29) is 11.5 Å². The lowest BCUT2D eigenvalue weighted by atomic mass is 9.52. The smallest absolute Gasteiger partial charge is 0.128 e. The van der Waals surface area contributed by atoms with Crippen molar-refractivity contribution in [3.8, 4) is 12.3 Å². The lowest BCUT2D eigenvalue weighted by molar-refractivity contribution is -0.159. The van der Waals surface area contributed by atoms with Crippen molar-refractivity contribution >= 4 is 0 Å². The van der Waals surface area contributed by atoms with Gasteiger partial charge in [-0.25, -0.2) is 0 Å². The minimum atomic E-state index is -1.07. The van der Waals surface area contributed by atoms with Crippen LogP contribution in [0.1, 0.15) is 39.2 Å². The standard InChI is InChI=1S/C18H24O2/c1-5-18(4,19)17(3)12-11-16(17)14(2)20-13-15-9-7-6-8-10-15/h1,6-10,14,16,19H,11-13H2,2-4H3/t14-,16-,17+,18+/m1/s1. The molecule has 0 heterocycles. The second-order valence-corrected chi connectivity index (χ2v) is 6.28. The van der Waals surface area contributed by atoms with E-state index in [1.807, 2.05) is 18.2 Å². The molecule has 1 saturated carbocycles. The SMILES string of the molecule is C#C[C@](C)(O)[C@@]1(C)CC[C@@H]1[C@@H](C)OCc1ccccc1. The highest BCUT2D eigenvalue weighted by molar-refractivity contribution is 5.19. The van der Waals surface area contributed by atoms with Gasteiger partial charge in [0.25, 0.3) is 0 Å². The summed E-state index contributed by atoms with van der Waals surface area (Å²) in [6.07, 6.45) is 7.59. The number of hydrogen-bond acceptors (Lipinski definition) is 2. The van der Waals surface area contributed by atoms with Crippen molar-refractivity contribution in [1.82, 2.24) is 0 Å². The molecule has 4 atom stereocenters. The molecule has 0 spiro atoms. The fourth-order valence-corrected chi connectivity index (χ4v) is 3.18. The number of terminal acetylenes is 1. The van der Waals surface area contributed by atoms with E-state index in [4.69, 9.17) is 11.2 Å². The van der Waals surface area contributed by atoms with E-state index in [1.54, 1.807) is 6.92 Å². The Bertz CT molecular complexity index is 486. The number of aliphatic hydroxyl groups is 1. The van der Waals surface area contributed by atoms with Crippen LogP contribution in [-0.4, -0.2) is 16.8 Å². The molecule has 0 amide bonds. The summed E-state index contributed by atoms with van der Waals surface area (Å²) in [5, 5.41) is 10.4. The van der Waals surface area contributed by atoms with Gasteiger partial charge in [0.1, 0.15) is 5.60 Å². The molecular formula is C18H24O2. The third kappa shape index (κ3) is 2.61. The molecule has 1 fully saturated rings. The maximum absolute atomic E-state index is 10.4. The van der Waals surface area contributed by atoms with Crippen LogP contribution in [-0.2, 0) is 11.3 Å². The first-order valence-electron chi connectivity index (χ1n) is 7.26. The van der Waals surface area contributed by atoms with Crippen LogP contribution in [0, 0.1) is 23.7 Å². The van der Waals surface area contributed by atoms with Crippen molar-refractivity contribution in [2.45, 2.75) is 51.9 Å². The van der Waals surface area contributed by atoms with Gasteiger partial charge in [-0.15, -0.1) is 6.42 Å². The number of benzene rings is 1. The fraction of sp³-hybridized carbons (Fsp3) is 0.556. The van der Waals surface area contributed by atoms with E-state index in [1.165, 1.54) is 5.56 Å². The van der Waals surface area contributed by atoms with Crippen LogP contribution in [0.15, 0.2) is 30.3 Å². The van der Waals surface area contributed by atoms with Crippen molar-refractivity contribution in [3.63, 3.8) is 0 Å². The molecular weight excluding hydrogens is 248 g/mol. The van der Waals surface area contributed by atoms with Crippen molar-refractivity contribution in [2.75, 3.05) is 0 Å². The van der Waals surface area contributed by atoms with Crippen LogP contribution in [0.25, 0.3) is 0 Å². The summed E-state index contributed by atoms with van der Waals surface area (Å²) >= 11 is 0. The van der Waals surface area contributed by atoms with Gasteiger partial charge in [0.05, 0.1) is 12.7 Å². The highest BCUT2D eigenvalue weighted by Gasteiger charge is 2.55. The Morgan fingerprint density at radius 1 is 1.50 bits per heavy atom. The number of rotatable bonds is 5. The average Bonchev–Trinajstić information content (AvgIpc) is 2.44. The predicted octanol–water partition coefficient (Wildman–Crippen LogP) is 3.39. The number of hydrogen-bond donors (Lipinski definition) is 1.